The number of ether oxygens (including phenoxy) is 2. The number of likely N-dealkylation sites (N-methyl/N-ethyl adjacent to an activating group) is 2. The van der Waals surface area contributed by atoms with Crippen LogP contribution in [0, 0.1) is 0 Å². The molecule has 0 fully saturated rings. The first kappa shape index (κ1) is 14.3. The lowest BCUT2D eigenvalue weighted by Gasteiger charge is -2.24. The number of hydrogen-bond donors (Lipinski definition) is 1. The van der Waals surface area contributed by atoms with Gasteiger partial charge in [0, 0.05) is 19.3 Å². The molecule has 0 saturated heterocycles. The van der Waals surface area contributed by atoms with E-state index in [2.05, 4.69) is 5.32 Å². The van der Waals surface area contributed by atoms with E-state index in [1.54, 1.807) is 14.2 Å². The van der Waals surface area contributed by atoms with Crippen LogP contribution in [-0.4, -0.2) is 46.9 Å². The van der Waals surface area contributed by atoms with Crippen molar-refractivity contribution in [3.05, 3.63) is 24.3 Å². The van der Waals surface area contributed by atoms with Gasteiger partial charge in [0.25, 0.3) is 0 Å². The molecule has 0 saturated carbocycles. The molecule has 1 atom stereocenters. The molecular weight excluding hydrogens is 232 g/mol. The maximum absolute atomic E-state index is 11.5. The number of nitrogens with one attached hydrogen (secondary N) is 1. The smallest absolute Gasteiger partial charge is 0.324 e. The fraction of sp³-hybridized carbons (Fsp3) is 0.462. The van der Waals surface area contributed by atoms with Crippen molar-refractivity contribution in [1.29, 1.82) is 0 Å². The van der Waals surface area contributed by atoms with Crippen molar-refractivity contribution in [2.75, 3.05) is 39.8 Å². The van der Waals surface area contributed by atoms with Crippen LogP contribution in [0.2, 0.25) is 0 Å². The lowest BCUT2D eigenvalue weighted by Crippen LogP contribution is -2.44. The predicted octanol–water partition coefficient (Wildman–Crippen LogP) is 0.892. The average molecular weight is 252 g/mol. The van der Waals surface area contributed by atoms with Crippen molar-refractivity contribution in [2.24, 2.45) is 0 Å². The summed E-state index contributed by atoms with van der Waals surface area (Å²) in [6, 6.07) is 7.32. The molecule has 0 heterocycles. The molecule has 0 aromatic heterocycles. The Bertz CT molecular complexity index is 378. The van der Waals surface area contributed by atoms with Gasteiger partial charge in [-0.15, -0.1) is 0 Å². The number of methoxy groups -OCH3 is 2. The number of esters is 1. The summed E-state index contributed by atoms with van der Waals surface area (Å²) < 4.78 is 9.83. The molecule has 5 heteroatoms. The molecule has 0 aliphatic carbocycles. The second-order valence-corrected chi connectivity index (χ2v) is 3.94. The maximum atomic E-state index is 11.5. The fourth-order valence-corrected chi connectivity index (χ4v) is 1.64. The largest absolute Gasteiger partial charge is 0.497 e. The van der Waals surface area contributed by atoms with Crippen LogP contribution >= 0.6 is 0 Å². The van der Waals surface area contributed by atoms with Crippen molar-refractivity contribution in [3.8, 4) is 5.75 Å². The molecule has 100 valence electrons. The van der Waals surface area contributed by atoms with Gasteiger partial charge < -0.3 is 19.7 Å². The highest BCUT2D eigenvalue weighted by Crippen LogP contribution is 2.18. The molecule has 0 bridgehead atoms. The Labute approximate surface area is 108 Å². The second-order valence-electron chi connectivity index (χ2n) is 3.94. The van der Waals surface area contributed by atoms with Crippen molar-refractivity contribution in [1.82, 2.24) is 5.32 Å². The van der Waals surface area contributed by atoms with E-state index < -0.39 is 0 Å². The molecular formula is C13H20N2O3. The molecule has 5 nitrogen and oxygen atoms in total. The first-order valence-corrected chi connectivity index (χ1v) is 5.72. The van der Waals surface area contributed by atoms with Crippen LogP contribution in [0.1, 0.15) is 0 Å². The Balaban J connectivity index is 2.68. The molecule has 0 radical (unpaired) electrons. The van der Waals surface area contributed by atoms with Gasteiger partial charge in [0.15, 0.2) is 0 Å². The van der Waals surface area contributed by atoms with Crippen molar-refractivity contribution in [3.63, 3.8) is 0 Å². The summed E-state index contributed by atoms with van der Waals surface area (Å²) in [6.45, 7) is 0.537. The van der Waals surface area contributed by atoms with Gasteiger partial charge in [0.1, 0.15) is 11.8 Å². The van der Waals surface area contributed by atoms with Gasteiger partial charge in [-0.05, 0) is 31.3 Å². The summed E-state index contributed by atoms with van der Waals surface area (Å²) in [5, 5.41) is 2.94. The normalized spacial score (nSPS) is 11.8. The molecule has 1 N–H and O–H groups in total. The van der Waals surface area contributed by atoms with Gasteiger partial charge in [-0.3, -0.25) is 4.79 Å². The maximum Gasteiger partial charge on any atom is 0.324 e. The van der Waals surface area contributed by atoms with E-state index in [1.807, 2.05) is 36.2 Å². The number of benzene rings is 1. The lowest BCUT2D eigenvalue weighted by atomic mass is 10.2. The van der Waals surface area contributed by atoms with E-state index in [0.717, 1.165) is 11.4 Å². The standard InChI is InChI=1S/C13H20N2O3/c1-14-12(13(16)18-4)9-15(2)10-5-7-11(17-3)8-6-10/h5-8,12,14H,9H2,1-4H3. The van der Waals surface area contributed by atoms with E-state index in [-0.39, 0.29) is 12.0 Å². The number of rotatable bonds is 6. The van der Waals surface area contributed by atoms with E-state index in [9.17, 15) is 4.79 Å². The van der Waals surface area contributed by atoms with Crippen LogP contribution in [-0.2, 0) is 9.53 Å². The summed E-state index contributed by atoms with van der Waals surface area (Å²) in [6.07, 6.45) is 0. The molecule has 1 unspecified atom stereocenters. The van der Waals surface area contributed by atoms with E-state index >= 15 is 0 Å². The first-order valence-electron chi connectivity index (χ1n) is 5.72. The van der Waals surface area contributed by atoms with Crippen molar-refractivity contribution < 1.29 is 14.3 Å². The van der Waals surface area contributed by atoms with Gasteiger partial charge in [-0.25, -0.2) is 0 Å². The van der Waals surface area contributed by atoms with E-state index in [1.165, 1.54) is 7.11 Å². The predicted molar refractivity (Wildman–Crippen MR) is 71.1 cm³/mol. The van der Waals surface area contributed by atoms with Crippen LogP contribution in [0.15, 0.2) is 24.3 Å². The minimum absolute atomic E-state index is 0.266. The minimum Gasteiger partial charge on any atom is -0.497 e. The summed E-state index contributed by atoms with van der Waals surface area (Å²) in [7, 11) is 6.69. The summed E-state index contributed by atoms with van der Waals surface area (Å²) in [5.74, 6) is 0.545. The minimum atomic E-state index is -0.345. The zero-order chi connectivity index (χ0) is 13.5. The molecule has 0 spiro atoms. The summed E-state index contributed by atoms with van der Waals surface area (Å²) >= 11 is 0. The Kier molecular flexibility index (Phi) is 5.45. The summed E-state index contributed by atoms with van der Waals surface area (Å²) in [5.41, 5.74) is 1.01. The third-order valence-electron chi connectivity index (χ3n) is 2.80. The van der Waals surface area contributed by atoms with Gasteiger partial charge in [0.2, 0.25) is 0 Å². The molecule has 18 heavy (non-hydrogen) atoms. The molecule has 0 amide bonds. The van der Waals surface area contributed by atoms with E-state index in [4.69, 9.17) is 9.47 Å². The topological polar surface area (TPSA) is 50.8 Å². The van der Waals surface area contributed by atoms with Crippen LogP contribution in [0.4, 0.5) is 5.69 Å². The van der Waals surface area contributed by atoms with Crippen LogP contribution in [0.3, 0.4) is 0 Å². The molecule has 0 aliphatic heterocycles. The van der Waals surface area contributed by atoms with Crippen molar-refractivity contribution in [2.45, 2.75) is 6.04 Å². The Hall–Kier alpha value is -1.75. The monoisotopic (exact) mass is 252 g/mol. The number of nitrogens with zero attached hydrogens (tertiary/aromatic N) is 1. The fourth-order valence-electron chi connectivity index (χ4n) is 1.64. The number of hydrogen-bond acceptors (Lipinski definition) is 5. The molecule has 0 aliphatic rings. The number of anilines is 1. The zero-order valence-electron chi connectivity index (χ0n) is 11.3. The third-order valence-corrected chi connectivity index (χ3v) is 2.80. The van der Waals surface area contributed by atoms with E-state index in [0.29, 0.717) is 6.54 Å². The van der Waals surface area contributed by atoms with Gasteiger partial charge in [-0.2, -0.15) is 0 Å². The lowest BCUT2D eigenvalue weighted by molar-refractivity contribution is -0.142. The highest BCUT2D eigenvalue weighted by molar-refractivity contribution is 5.76. The summed E-state index contributed by atoms with van der Waals surface area (Å²) in [4.78, 5) is 13.5. The van der Waals surface area contributed by atoms with Gasteiger partial charge in [-0.1, -0.05) is 0 Å². The zero-order valence-corrected chi connectivity index (χ0v) is 11.3. The highest BCUT2D eigenvalue weighted by atomic mass is 16.5. The van der Waals surface area contributed by atoms with Crippen molar-refractivity contribution >= 4 is 11.7 Å². The number of carbonyl (C=O) groups excluding carboxylic acids is 1. The van der Waals surface area contributed by atoms with Gasteiger partial charge in [0.05, 0.1) is 14.2 Å². The first-order chi connectivity index (χ1) is 8.62. The van der Waals surface area contributed by atoms with Crippen LogP contribution in [0.5, 0.6) is 5.75 Å². The molecule has 1 rings (SSSR count). The van der Waals surface area contributed by atoms with Crippen LogP contribution < -0.4 is 15.0 Å². The Morgan fingerprint density at radius 3 is 2.39 bits per heavy atom. The molecule has 1 aromatic rings. The Morgan fingerprint density at radius 1 is 1.33 bits per heavy atom. The SMILES string of the molecule is CNC(CN(C)c1ccc(OC)cc1)C(=O)OC. The quantitative estimate of drug-likeness (QED) is 0.762. The Morgan fingerprint density at radius 2 is 1.94 bits per heavy atom. The third kappa shape index (κ3) is 3.63. The van der Waals surface area contributed by atoms with Crippen LogP contribution in [0.25, 0.3) is 0 Å². The number of carbonyl (C=O) groups is 1. The highest BCUT2D eigenvalue weighted by Gasteiger charge is 2.18. The van der Waals surface area contributed by atoms with Gasteiger partial charge >= 0.3 is 5.97 Å². The second kappa shape index (κ2) is 6.86. The molecule has 1 aromatic carbocycles. The average Bonchev–Trinajstić information content (AvgIpc) is 2.43.